The van der Waals surface area contributed by atoms with Crippen LogP contribution in [0.15, 0.2) is 18.2 Å². The number of likely N-dealkylation sites (N-methyl/N-ethyl adjacent to an activating group) is 1. The number of fused-ring (bicyclic) bond motifs is 1. The summed E-state index contributed by atoms with van der Waals surface area (Å²) >= 11 is 0. The number of hydrogen-bond donors (Lipinski definition) is 1. The van der Waals surface area contributed by atoms with Crippen molar-refractivity contribution in [3.05, 3.63) is 29.3 Å². The van der Waals surface area contributed by atoms with Gasteiger partial charge in [0.15, 0.2) is 9.84 Å². The fourth-order valence-electron chi connectivity index (χ4n) is 3.01. The molecule has 1 aromatic rings. The first kappa shape index (κ1) is 15.0. The average Bonchev–Trinajstić information content (AvgIpc) is 2.90. The molecule has 22 heavy (non-hydrogen) atoms. The maximum Gasteiger partial charge on any atom is 0.231 e. The first-order chi connectivity index (χ1) is 10.3. The van der Waals surface area contributed by atoms with Crippen molar-refractivity contribution < 1.29 is 18.0 Å². The molecule has 0 aliphatic carbocycles. The Balaban J connectivity index is 1.63. The monoisotopic (exact) mass is 322 g/mol. The van der Waals surface area contributed by atoms with Gasteiger partial charge in [-0.25, -0.2) is 8.42 Å². The lowest BCUT2D eigenvalue weighted by Gasteiger charge is -2.12. The van der Waals surface area contributed by atoms with Gasteiger partial charge in [0.25, 0.3) is 0 Å². The van der Waals surface area contributed by atoms with Gasteiger partial charge in [-0.05, 0) is 23.6 Å². The topological polar surface area (TPSA) is 83.6 Å². The lowest BCUT2D eigenvalue weighted by atomic mass is 10.1. The van der Waals surface area contributed by atoms with Crippen LogP contribution >= 0.6 is 0 Å². The Labute approximate surface area is 129 Å². The number of sulfone groups is 1. The molecule has 1 fully saturated rings. The summed E-state index contributed by atoms with van der Waals surface area (Å²) in [6, 6.07) is 5.28. The molecule has 1 atom stereocenters. The molecule has 0 saturated carbocycles. The Bertz CT molecular complexity index is 742. The molecule has 0 bridgehead atoms. The summed E-state index contributed by atoms with van der Waals surface area (Å²) in [5.74, 6) is 0.0421. The quantitative estimate of drug-likeness (QED) is 0.852. The Morgan fingerprint density at radius 2 is 2.18 bits per heavy atom. The molecule has 1 N–H and O–H groups in total. The average molecular weight is 322 g/mol. The second-order valence-electron chi connectivity index (χ2n) is 5.94. The van der Waals surface area contributed by atoms with E-state index >= 15 is 0 Å². The van der Waals surface area contributed by atoms with Crippen LogP contribution in [0, 0.1) is 0 Å². The molecular weight excluding hydrogens is 304 g/mol. The van der Waals surface area contributed by atoms with Crippen LogP contribution < -0.4 is 10.2 Å². The van der Waals surface area contributed by atoms with E-state index in [0.717, 1.165) is 16.8 Å². The molecule has 7 heteroatoms. The van der Waals surface area contributed by atoms with E-state index in [9.17, 15) is 18.0 Å². The van der Waals surface area contributed by atoms with E-state index in [0.29, 0.717) is 12.8 Å². The number of nitrogens with zero attached hydrogens (tertiary/aromatic N) is 1. The van der Waals surface area contributed by atoms with Crippen LogP contribution in [0.2, 0.25) is 0 Å². The summed E-state index contributed by atoms with van der Waals surface area (Å²) in [6.45, 7) is 0. The van der Waals surface area contributed by atoms with E-state index in [1.165, 1.54) is 0 Å². The Kier molecular flexibility index (Phi) is 3.68. The first-order valence-corrected chi connectivity index (χ1v) is 9.04. The number of carbonyl (C=O) groups is 2. The van der Waals surface area contributed by atoms with Crippen LogP contribution in [-0.4, -0.2) is 44.8 Å². The third-order valence-electron chi connectivity index (χ3n) is 4.18. The van der Waals surface area contributed by atoms with Crippen LogP contribution in [0.3, 0.4) is 0 Å². The van der Waals surface area contributed by atoms with Crippen molar-refractivity contribution in [3.63, 3.8) is 0 Å². The highest BCUT2D eigenvalue weighted by atomic mass is 32.2. The second kappa shape index (κ2) is 5.39. The Morgan fingerprint density at radius 1 is 1.41 bits per heavy atom. The van der Waals surface area contributed by atoms with Crippen molar-refractivity contribution in [3.8, 4) is 0 Å². The first-order valence-electron chi connectivity index (χ1n) is 7.22. The minimum Gasteiger partial charge on any atom is -0.352 e. The fraction of sp³-hybridized carbons (Fsp3) is 0.467. The number of anilines is 1. The van der Waals surface area contributed by atoms with Gasteiger partial charge < -0.3 is 10.2 Å². The highest BCUT2D eigenvalue weighted by molar-refractivity contribution is 7.91. The van der Waals surface area contributed by atoms with Crippen LogP contribution in [0.4, 0.5) is 5.69 Å². The normalized spacial score (nSPS) is 22.7. The summed E-state index contributed by atoms with van der Waals surface area (Å²) in [4.78, 5) is 25.3. The molecule has 2 aliphatic heterocycles. The number of carbonyl (C=O) groups excluding carboxylic acids is 2. The van der Waals surface area contributed by atoms with Gasteiger partial charge in [-0.3, -0.25) is 9.59 Å². The number of hydrogen-bond acceptors (Lipinski definition) is 4. The predicted molar refractivity (Wildman–Crippen MR) is 82.5 cm³/mol. The smallest absolute Gasteiger partial charge is 0.231 e. The lowest BCUT2D eigenvalue weighted by Crippen LogP contribution is -2.36. The van der Waals surface area contributed by atoms with E-state index in [1.807, 2.05) is 18.2 Å². The molecule has 118 valence electrons. The van der Waals surface area contributed by atoms with Crippen LogP contribution in [0.5, 0.6) is 0 Å². The largest absolute Gasteiger partial charge is 0.352 e. The number of nitrogens with one attached hydrogen (secondary N) is 1. The third-order valence-corrected chi connectivity index (χ3v) is 5.95. The molecule has 1 saturated heterocycles. The molecule has 1 aromatic carbocycles. The van der Waals surface area contributed by atoms with E-state index in [4.69, 9.17) is 0 Å². The highest BCUT2D eigenvalue weighted by Gasteiger charge is 2.29. The molecule has 6 nitrogen and oxygen atoms in total. The van der Waals surface area contributed by atoms with Crippen molar-refractivity contribution >= 4 is 27.3 Å². The van der Waals surface area contributed by atoms with Gasteiger partial charge in [-0.2, -0.15) is 0 Å². The molecule has 2 heterocycles. The van der Waals surface area contributed by atoms with E-state index in [1.54, 1.807) is 11.9 Å². The van der Waals surface area contributed by atoms with Gasteiger partial charge >= 0.3 is 0 Å². The van der Waals surface area contributed by atoms with E-state index in [-0.39, 0.29) is 35.8 Å². The number of amides is 2. The third kappa shape index (κ3) is 2.99. The second-order valence-corrected chi connectivity index (χ2v) is 8.17. The summed E-state index contributed by atoms with van der Waals surface area (Å²) in [5, 5.41) is 2.77. The predicted octanol–water partition coefficient (Wildman–Crippen LogP) is 0.0513. The molecule has 0 spiro atoms. The molecular formula is C15H18N2O4S. The van der Waals surface area contributed by atoms with Crippen LogP contribution in [-0.2, 0) is 32.3 Å². The minimum absolute atomic E-state index is 0.0300. The van der Waals surface area contributed by atoms with Crippen molar-refractivity contribution in [1.82, 2.24) is 5.32 Å². The summed E-state index contributed by atoms with van der Waals surface area (Å²) in [7, 11) is -1.25. The maximum absolute atomic E-state index is 12.0. The zero-order valence-electron chi connectivity index (χ0n) is 12.3. The highest BCUT2D eigenvalue weighted by Crippen LogP contribution is 2.28. The maximum atomic E-state index is 12.0. The standard InChI is InChI=1S/C15H18N2O4S/c1-17-13-3-2-10(6-11(13)8-15(17)19)7-14(18)16-12-4-5-22(20,21)9-12/h2-3,6,12H,4-5,7-9H2,1H3,(H,16,18). The van der Waals surface area contributed by atoms with Crippen LogP contribution in [0.25, 0.3) is 0 Å². The van der Waals surface area contributed by atoms with Gasteiger partial charge in [0.05, 0.1) is 24.3 Å². The summed E-state index contributed by atoms with van der Waals surface area (Å²) < 4.78 is 22.8. The van der Waals surface area contributed by atoms with E-state index in [2.05, 4.69) is 5.32 Å². The Hall–Kier alpha value is -1.89. The molecule has 2 aliphatic rings. The lowest BCUT2D eigenvalue weighted by molar-refractivity contribution is -0.121. The summed E-state index contributed by atoms with van der Waals surface area (Å²) in [5.41, 5.74) is 2.65. The molecule has 1 unspecified atom stereocenters. The Morgan fingerprint density at radius 3 is 2.86 bits per heavy atom. The van der Waals surface area contributed by atoms with Gasteiger partial charge in [-0.15, -0.1) is 0 Å². The SMILES string of the molecule is CN1C(=O)Cc2cc(CC(=O)NC3CCS(=O)(=O)C3)ccc21. The van der Waals surface area contributed by atoms with Gasteiger partial charge in [0.2, 0.25) is 11.8 Å². The number of rotatable bonds is 3. The van der Waals surface area contributed by atoms with Gasteiger partial charge in [0.1, 0.15) is 0 Å². The summed E-state index contributed by atoms with van der Waals surface area (Å²) in [6.07, 6.45) is 1.04. The van der Waals surface area contributed by atoms with Crippen molar-refractivity contribution in [2.75, 3.05) is 23.5 Å². The minimum atomic E-state index is -2.99. The van der Waals surface area contributed by atoms with Crippen LogP contribution in [0.1, 0.15) is 17.5 Å². The fourth-order valence-corrected chi connectivity index (χ4v) is 4.68. The molecule has 3 rings (SSSR count). The number of benzene rings is 1. The van der Waals surface area contributed by atoms with Crippen molar-refractivity contribution in [1.29, 1.82) is 0 Å². The van der Waals surface area contributed by atoms with Gasteiger partial charge in [0, 0.05) is 18.8 Å². The molecule has 0 radical (unpaired) electrons. The molecule has 0 aromatic heterocycles. The van der Waals surface area contributed by atoms with Crippen molar-refractivity contribution in [2.24, 2.45) is 0 Å². The van der Waals surface area contributed by atoms with E-state index < -0.39 is 9.84 Å². The zero-order valence-corrected chi connectivity index (χ0v) is 13.1. The zero-order chi connectivity index (χ0) is 15.9. The molecule has 2 amide bonds. The van der Waals surface area contributed by atoms with Gasteiger partial charge in [-0.1, -0.05) is 12.1 Å². The van der Waals surface area contributed by atoms with Crippen molar-refractivity contribution in [2.45, 2.75) is 25.3 Å².